The Morgan fingerprint density at radius 1 is 1.45 bits per heavy atom. The fourth-order valence-electron chi connectivity index (χ4n) is 2.53. The molecule has 0 spiro atoms. The first-order valence-corrected chi connectivity index (χ1v) is 10.1. The van der Waals surface area contributed by atoms with Crippen LogP contribution in [0.4, 0.5) is 10.5 Å². The number of hydrogen-bond donors (Lipinski definition) is 1. The number of imide groups is 1. The van der Waals surface area contributed by atoms with Gasteiger partial charge in [-0.2, -0.15) is 0 Å². The Bertz CT molecular complexity index is 992. The number of nitro benzene ring substituents is 1. The Hall–Kier alpha value is -2.99. The number of amides is 3. The average Bonchev–Trinajstić information content (AvgIpc) is 3.29. The van der Waals surface area contributed by atoms with Gasteiger partial charge >= 0.3 is 12.0 Å². The quantitative estimate of drug-likeness (QED) is 0.415. The highest BCUT2D eigenvalue weighted by atomic mass is 32.2. The summed E-state index contributed by atoms with van der Waals surface area (Å²) in [6.07, 6.45) is -1.21. The highest BCUT2D eigenvalue weighted by Crippen LogP contribution is 2.36. The number of ether oxygens (including phenoxy) is 1. The van der Waals surface area contributed by atoms with Crippen LogP contribution in [-0.2, 0) is 9.53 Å². The molecule has 1 unspecified atom stereocenters. The number of benzene rings is 1. The number of aromatic nitrogens is 1. The first-order valence-electron chi connectivity index (χ1n) is 8.45. The molecule has 1 saturated heterocycles. The van der Waals surface area contributed by atoms with E-state index in [2.05, 4.69) is 10.3 Å². The third kappa shape index (κ3) is 4.71. The first-order chi connectivity index (χ1) is 13.8. The second kappa shape index (κ2) is 8.57. The number of nitro groups is 1. The minimum Gasteiger partial charge on any atom is -0.449 e. The van der Waals surface area contributed by atoms with Crippen LogP contribution in [0.25, 0.3) is 0 Å². The molecule has 1 N–H and O–H groups in total. The Labute approximate surface area is 173 Å². The SMILES string of the molecule is Cc1csc(Sc2ccc(C(=O)OC(C)C(=O)N3CCNC3=O)cc2[N+](=O)[O-])n1. The van der Waals surface area contributed by atoms with Gasteiger partial charge < -0.3 is 10.1 Å². The van der Waals surface area contributed by atoms with Crippen LogP contribution in [0.5, 0.6) is 0 Å². The van der Waals surface area contributed by atoms with E-state index in [1.54, 1.807) is 0 Å². The van der Waals surface area contributed by atoms with Crippen molar-refractivity contribution >= 4 is 46.7 Å². The van der Waals surface area contributed by atoms with Crippen molar-refractivity contribution in [2.24, 2.45) is 0 Å². The first kappa shape index (κ1) is 20.7. The molecule has 1 fully saturated rings. The summed E-state index contributed by atoms with van der Waals surface area (Å²) in [4.78, 5) is 52.6. The molecular weight excluding hydrogens is 420 g/mol. The molecule has 12 heteroatoms. The van der Waals surface area contributed by atoms with Crippen LogP contribution in [0, 0.1) is 17.0 Å². The van der Waals surface area contributed by atoms with Crippen molar-refractivity contribution in [1.82, 2.24) is 15.2 Å². The van der Waals surface area contributed by atoms with E-state index in [0.717, 1.165) is 28.4 Å². The Balaban J connectivity index is 1.74. The van der Waals surface area contributed by atoms with Gasteiger partial charge in [0.2, 0.25) is 0 Å². The second-order valence-corrected chi connectivity index (χ2v) is 8.21. The molecule has 3 rings (SSSR count). The molecule has 1 aromatic heterocycles. The second-order valence-electron chi connectivity index (χ2n) is 6.07. The van der Waals surface area contributed by atoms with Crippen molar-refractivity contribution in [3.05, 3.63) is 45.0 Å². The number of rotatable bonds is 6. The topological polar surface area (TPSA) is 132 Å². The zero-order chi connectivity index (χ0) is 21.1. The highest BCUT2D eigenvalue weighted by molar-refractivity contribution is 8.01. The molecule has 1 aliphatic heterocycles. The van der Waals surface area contributed by atoms with E-state index in [1.165, 1.54) is 30.4 Å². The van der Waals surface area contributed by atoms with Crippen molar-refractivity contribution < 1.29 is 24.0 Å². The van der Waals surface area contributed by atoms with Gasteiger partial charge in [0.15, 0.2) is 10.4 Å². The maximum Gasteiger partial charge on any atom is 0.339 e. The third-order valence-electron chi connectivity index (χ3n) is 3.94. The predicted molar refractivity (Wildman–Crippen MR) is 104 cm³/mol. The molecule has 0 bridgehead atoms. The van der Waals surface area contributed by atoms with Gasteiger partial charge in [-0.05, 0) is 26.0 Å². The molecule has 152 valence electrons. The number of esters is 1. The third-order valence-corrected chi connectivity index (χ3v) is 6.06. The molecule has 1 aromatic carbocycles. The van der Waals surface area contributed by atoms with Gasteiger partial charge in [-0.25, -0.2) is 14.6 Å². The Kier molecular flexibility index (Phi) is 6.13. The van der Waals surface area contributed by atoms with E-state index in [-0.39, 0.29) is 17.8 Å². The van der Waals surface area contributed by atoms with Gasteiger partial charge in [-0.3, -0.25) is 19.8 Å². The van der Waals surface area contributed by atoms with Crippen LogP contribution in [0.2, 0.25) is 0 Å². The van der Waals surface area contributed by atoms with Gasteiger partial charge in [-0.1, -0.05) is 11.8 Å². The van der Waals surface area contributed by atoms with E-state index < -0.39 is 28.9 Å². The van der Waals surface area contributed by atoms with Gasteiger partial charge in [0.1, 0.15) is 0 Å². The lowest BCUT2D eigenvalue weighted by Crippen LogP contribution is -2.41. The lowest BCUT2D eigenvalue weighted by atomic mass is 10.2. The van der Waals surface area contributed by atoms with Crippen LogP contribution in [0.3, 0.4) is 0 Å². The summed E-state index contributed by atoms with van der Waals surface area (Å²) in [5, 5.41) is 15.8. The Morgan fingerprint density at radius 3 is 2.79 bits per heavy atom. The van der Waals surface area contributed by atoms with Crippen molar-refractivity contribution in [2.45, 2.75) is 29.2 Å². The zero-order valence-electron chi connectivity index (χ0n) is 15.4. The van der Waals surface area contributed by atoms with Crippen LogP contribution in [-0.4, -0.2) is 51.9 Å². The predicted octanol–water partition coefficient (Wildman–Crippen LogP) is 2.61. The van der Waals surface area contributed by atoms with E-state index in [9.17, 15) is 24.5 Å². The minimum atomic E-state index is -1.21. The number of urea groups is 1. The summed E-state index contributed by atoms with van der Waals surface area (Å²) in [5.74, 6) is -1.55. The highest BCUT2D eigenvalue weighted by Gasteiger charge is 2.32. The molecule has 1 aliphatic rings. The fraction of sp³-hybridized carbons (Fsp3) is 0.294. The van der Waals surface area contributed by atoms with Crippen LogP contribution >= 0.6 is 23.1 Å². The lowest BCUT2D eigenvalue weighted by Gasteiger charge is -2.18. The molecule has 2 aromatic rings. The molecule has 3 amide bonds. The summed E-state index contributed by atoms with van der Waals surface area (Å²) in [6, 6.07) is 3.38. The van der Waals surface area contributed by atoms with Gasteiger partial charge in [0.05, 0.1) is 15.4 Å². The number of nitrogens with one attached hydrogen (secondary N) is 1. The Morgan fingerprint density at radius 2 is 2.21 bits per heavy atom. The van der Waals surface area contributed by atoms with Gasteiger partial charge in [-0.15, -0.1) is 11.3 Å². The number of nitrogens with zero attached hydrogens (tertiary/aromatic N) is 3. The van der Waals surface area contributed by atoms with Crippen LogP contribution in [0.15, 0.2) is 32.8 Å². The van der Waals surface area contributed by atoms with E-state index in [4.69, 9.17) is 4.74 Å². The summed E-state index contributed by atoms with van der Waals surface area (Å²) in [5.41, 5.74) is 0.475. The maximum atomic E-state index is 12.4. The lowest BCUT2D eigenvalue weighted by molar-refractivity contribution is -0.387. The standard InChI is InChI=1S/C17H16N4O6S2/c1-9-8-28-17(19-9)29-13-4-3-11(7-12(13)21(25)26)15(23)27-10(2)14(22)20-6-5-18-16(20)24/h3-4,7-8,10H,5-6H2,1-2H3,(H,18,24). The van der Waals surface area contributed by atoms with E-state index in [0.29, 0.717) is 15.8 Å². The molecular formula is C17H16N4O6S2. The molecule has 0 aliphatic carbocycles. The monoisotopic (exact) mass is 436 g/mol. The number of hydrogen-bond acceptors (Lipinski definition) is 9. The van der Waals surface area contributed by atoms with Crippen molar-refractivity contribution in [1.29, 1.82) is 0 Å². The van der Waals surface area contributed by atoms with Crippen LogP contribution < -0.4 is 5.32 Å². The van der Waals surface area contributed by atoms with Crippen LogP contribution in [0.1, 0.15) is 23.0 Å². The van der Waals surface area contributed by atoms with Crippen molar-refractivity contribution in [3.8, 4) is 0 Å². The largest absolute Gasteiger partial charge is 0.449 e. The van der Waals surface area contributed by atoms with Crippen molar-refractivity contribution in [3.63, 3.8) is 0 Å². The zero-order valence-corrected chi connectivity index (χ0v) is 17.0. The van der Waals surface area contributed by atoms with Gasteiger partial charge in [0.25, 0.3) is 11.6 Å². The summed E-state index contributed by atoms with van der Waals surface area (Å²) >= 11 is 2.49. The molecule has 0 radical (unpaired) electrons. The number of carbonyl (C=O) groups excluding carboxylic acids is 3. The van der Waals surface area contributed by atoms with Gasteiger partial charge in [0, 0.05) is 30.2 Å². The van der Waals surface area contributed by atoms with E-state index >= 15 is 0 Å². The smallest absolute Gasteiger partial charge is 0.339 e. The normalized spacial score (nSPS) is 14.4. The average molecular weight is 436 g/mol. The maximum absolute atomic E-state index is 12.4. The number of aryl methyl sites for hydroxylation is 1. The molecule has 0 saturated carbocycles. The number of thiazole rings is 1. The minimum absolute atomic E-state index is 0.0677. The van der Waals surface area contributed by atoms with E-state index in [1.807, 2.05) is 12.3 Å². The number of carbonyl (C=O) groups is 3. The molecule has 2 heterocycles. The molecule has 10 nitrogen and oxygen atoms in total. The summed E-state index contributed by atoms with van der Waals surface area (Å²) in [6.45, 7) is 3.68. The summed E-state index contributed by atoms with van der Waals surface area (Å²) in [7, 11) is 0. The molecule has 1 atom stereocenters. The molecule has 29 heavy (non-hydrogen) atoms. The fourth-order valence-corrected chi connectivity index (χ4v) is 4.41. The summed E-state index contributed by atoms with van der Waals surface area (Å²) < 4.78 is 5.75. The van der Waals surface area contributed by atoms with Crippen molar-refractivity contribution in [2.75, 3.05) is 13.1 Å².